The van der Waals surface area contributed by atoms with Crippen LogP contribution in [0.4, 0.5) is 4.79 Å². The number of carbonyl (C=O) groups is 1. The summed E-state index contributed by atoms with van der Waals surface area (Å²) in [7, 11) is 0. The van der Waals surface area contributed by atoms with Crippen LogP contribution in [0.3, 0.4) is 0 Å². The molecule has 2 N–H and O–H groups in total. The van der Waals surface area contributed by atoms with Crippen molar-refractivity contribution >= 4 is 6.03 Å². The van der Waals surface area contributed by atoms with Crippen LogP contribution in [0, 0.1) is 5.92 Å². The predicted molar refractivity (Wildman–Crippen MR) is 82.7 cm³/mol. The Morgan fingerprint density at radius 3 is 2.70 bits per heavy atom. The average molecular weight is 284 g/mol. The molecule has 1 aliphatic rings. The largest absolute Gasteiger partial charge is 0.396 e. The quantitative estimate of drug-likeness (QED) is 0.754. The highest BCUT2D eigenvalue weighted by atomic mass is 16.3. The van der Waals surface area contributed by atoms with E-state index in [4.69, 9.17) is 5.11 Å². The molecule has 0 spiro atoms. The summed E-state index contributed by atoms with van der Waals surface area (Å²) in [5.74, 6) is 0.730. The number of amides is 2. The lowest BCUT2D eigenvalue weighted by molar-refractivity contribution is 0.129. The summed E-state index contributed by atoms with van der Waals surface area (Å²) >= 11 is 0. The minimum Gasteiger partial charge on any atom is -0.396 e. The van der Waals surface area contributed by atoms with Gasteiger partial charge in [0.25, 0.3) is 0 Å². The number of urea groups is 1. The van der Waals surface area contributed by atoms with Gasteiger partial charge >= 0.3 is 6.03 Å². The van der Waals surface area contributed by atoms with Gasteiger partial charge in [-0.2, -0.15) is 0 Å². The number of hydrogen-bond donors (Lipinski definition) is 2. The van der Waals surface area contributed by atoms with Gasteiger partial charge in [-0.3, -0.25) is 0 Å². The monoisotopic (exact) mass is 284 g/mol. The van der Waals surface area contributed by atoms with Gasteiger partial charge in [0, 0.05) is 25.2 Å². The average Bonchev–Trinajstić information content (AvgIpc) is 2.39. The molecule has 118 valence electrons. The molecule has 0 saturated carbocycles. The standard InChI is InChI=1S/C16H32N2O2/c1-13(2)7-6-8-14(3)17-16(20)18-11-5-4-9-15(18)10-12-19/h13-15,19H,4-12H2,1-3H3,(H,17,20). The third-order valence-electron chi connectivity index (χ3n) is 4.14. The Labute approximate surface area is 123 Å². The molecule has 2 unspecified atom stereocenters. The number of carbonyl (C=O) groups excluding carboxylic acids is 1. The van der Waals surface area contributed by atoms with Gasteiger partial charge in [0.05, 0.1) is 0 Å². The summed E-state index contributed by atoms with van der Waals surface area (Å²) in [5, 5.41) is 12.2. The number of likely N-dealkylation sites (tertiary alicyclic amines) is 1. The van der Waals surface area contributed by atoms with Crippen molar-refractivity contribution in [1.82, 2.24) is 10.2 Å². The summed E-state index contributed by atoms with van der Waals surface area (Å²) in [4.78, 5) is 14.3. The zero-order chi connectivity index (χ0) is 15.0. The first-order chi connectivity index (χ1) is 9.54. The first kappa shape index (κ1) is 17.3. The lowest BCUT2D eigenvalue weighted by atomic mass is 10.00. The first-order valence-corrected chi connectivity index (χ1v) is 8.22. The van der Waals surface area contributed by atoms with Crippen LogP contribution in [0.1, 0.15) is 65.7 Å². The summed E-state index contributed by atoms with van der Waals surface area (Å²) in [6.07, 6.45) is 7.40. The van der Waals surface area contributed by atoms with Crippen molar-refractivity contribution in [2.24, 2.45) is 5.92 Å². The van der Waals surface area contributed by atoms with Crippen LogP contribution in [-0.4, -0.2) is 41.3 Å². The summed E-state index contributed by atoms with van der Waals surface area (Å²) < 4.78 is 0. The summed E-state index contributed by atoms with van der Waals surface area (Å²) in [6, 6.07) is 0.509. The second-order valence-electron chi connectivity index (χ2n) is 6.53. The minimum absolute atomic E-state index is 0.0557. The molecule has 0 aromatic carbocycles. The van der Waals surface area contributed by atoms with E-state index in [1.54, 1.807) is 0 Å². The van der Waals surface area contributed by atoms with Crippen molar-refractivity contribution in [3.05, 3.63) is 0 Å². The van der Waals surface area contributed by atoms with Gasteiger partial charge in [0.2, 0.25) is 0 Å². The number of aliphatic hydroxyl groups excluding tert-OH is 1. The predicted octanol–water partition coefficient (Wildman–Crippen LogP) is 3.15. The van der Waals surface area contributed by atoms with Crippen LogP contribution in [0.25, 0.3) is 0 Å². The molecule has 4 nitrogen and oxygen atoms in total. The Balaban J connectivity index is 2.35. The molecule has 0 aromatic rings. The zero-order valence-corrected chi connectivity index (χ0v) is 13.4. The molecule has 0 aliphatic carbocycles. The third kappa shape index (κ3) is 6.12. The minimum atomic E-state index is 0.0557. The van der Waals surface area contributed by atoms with Crippen LogP contribution >= 0.6 is 0 Å². The van der Waals surface area contributed by atoms with E-state index in [1.807, 2.05) is 4.90 Å². The molecule has 0 bridgehead atoms. The van der Waals surface area contributed by atoms with Gasteiger partial charge in [-0.05, 0) is 44.9 Å². The van der Waals surface area contributed by atoms with Crippen molar-refractivity contribution < 1.29 is 9.90 Å². The first-order valence-electron chi connectivity index (χ1n) is 8.22. The summed E-state index contributed by atoms with van der Waals surface area (Å²) in [6.45, 7) is 7.55. The van der Waals surface area contributed by atoms with Crippen LogP contribution in [0.5, 0.6) is 0 Å². The SMILES string of the molecule is CC(C)CCCC(C)NC(=O)N1CCCCC1CCO. The Kier molecular flexibility index (Phi) is 7.97. The Bertz CT molecular complexity index is 280. The molecule has 20 heavy (non-hydrogen) atoms. The van der Waals surface area contributed by atoms with E-state index in [0.717, 1.165) is 31.7 Å². The molecule has 4 heteroatoms. The number of hydrogen-bond acceptors (Lipinski definition) is 2. The second kappa shape index (κ2) is 9.22. The zero-order valence-electron chi connectivity index (χ0n) is 13.4. The topological polar surface area (TPSA) is 52.6 Å². The Morgan fingerprint density at radius 1 is 1.30 bits per heavy atom. The van der Waals surface area contributed by atoms with Crippen LogP contribution < -0.4 is 5.32 Å². The number of rotatable bonds is 7. The van der Waals surface area contributed by atoms with Gasteiger partial charge in [-0.15, -0.1) is 0 Å². The van der Waals surface area contributed by atoms with Crippen LogP contribution in [0.15, 0.2) is 0 Å². The molecule has 1 aliphatic heterocycles. The molecule has 2 atom stereocenters. The van der Waals surface area contributed by atoms with Gasteiger partial charge in [0.15, 0.2) is 0 Å². The van der Waals surface area contributed by atoms with Crippen LogP contribution in [-0.2, 0) is 0 Å². The fourth-order valence-corrected chi connectivity index (χ4v) is 2.92. The van der Waals surface area contributed by atoms with Crippen molar-refractivity contribution in [2.45, 2.75) is 77.8 Å². The van der Waals surface area contributed by atoms with Gasteiger partial charge in [0.1, 0.15) is 0 Å². The lowest BCUT2D eigenvalue weighted by Crippen LogP contribution is -2.51. The van der Waals surface area contributed by atoms with E-state index in [0.29, 0.717) is 6.42 Å². The van der Waals surface area contributed by atoms with Gasteiger partial charge < -0.3 is 15.3 Å². The Morgan fingerprint density at radius 2 is 2.05 bits per heavy atom. The van der Waals surface area contributed by atoms with E-state index in [9.17, 15) is 4.79 Å². The highest BCUT2D eigenvalue weighted by Crippen LogP contribution is 2.19. The van der Waals surface area contributed by atoms with E-state index >= 15 is 0 Å². The number of piperidine rings is 1. The van der Waals surface area contributed by atoms with Crippen molar-refractivity contribution in [3.63, 3.8) is 0 Å². The maximum absolute atomic E-state index is 12.3. The molecule has 2 amide bonds. The molecular formula is C16H32N2O2. The normalized spacial score (nSPS) is 21.1. The van der Waals surface area contributed by atoms with Crippen molar-refractivity contribution in [2.75, 3.05) is 13.2 Å². The number of nitrogens with zero attached hydrogens (tertiary/aromatic N) is 1. The molecule has 1 fully saturated rings. The van der Waals surface area contributed by atoms with Gasteiger partial charge in [-0.1, -0.05) is 26.7 Å². The van der Waals surface area contributed by atoms with E-state index < -0.39 is 0 Å². The van der Waals surface area contributed by atoms with Crippen LogP contribution in [0.2, 0.25) is 0 Å². The smallest absolute Gasteiger partial charge is 0.317 e. The van der Waals surface area contributed by atoms with Crippen molar-refractivity contribution in [3.8, 4) is 0 Å². The molecule has 1 saturated heterocycles. The van der Waals surface area contributed by atoms with E-state index in [1.165, 1.54) is 19.3 Å². The molecule has 0 aromatic heterocycles. The third-order valence-corrected chi connectivity index (χ3v) is 4.14. The van der Waals surface area contributed by atoms with E-state index in [2.05, 4.69) is 26.1 Å². The highest BCUT2D eigenvalue weighted by molar-refractivity contribution is 5.75. The fourth-order valence-electron chi connectivity index (χ4n) is 2.92. The maximum atomic E-state index is 12.3. The lowest BCUT2D eigenvalue weighted by Gasteiger charge is -2.36. The maximum Gasteiger partial charge on any atom is 0.317 e. The Hall–Kier alpha value is -0.770. The number of nitrogens with one attached hydrogen (secondary N) is 1. The van der Waals surface area contributed by atoms with E-state index in [-0.39, 0.29) is 24.7 Å². The molecular weight excluding hydrogens is 252 g/mol. The molecule has 0 radical (unpaired) electrons. The molecule has 1 rings (SSSR count). The highest BCUT2D eigenvalue weighted by Gasteiger charge is 2.26. The molecule has 1 heterocycles. The number of aliphatic hydroxyl groups is 1. The summed E-state index contributed by atoms with van der Waals surface area (Å²) in [5.41, 5.74) is 0. The van der Waals surface area contributed by atoms with Crippen molar-refractivity contribution in [1.29, 1.82) is 0 Å². The van der Waals surface area contributed by atoms with Gasteiger partial charge in [-0.25, -0.2) is 4.79 Å². The second-order valence-corrected chi connectivity index (χ2v) is 6.53. The fraction of sp³-hybridized carbons (Fsp3) is 0.938.